The number of nitrogens with one attached hydrogen (secondary N) is 1. The molecule has 5 rings (SSSR count). The van der Waals surface area contributed by atoms with Crippen molar-refractivity contribution in [2.45, 2.75) is 19.8 Å². The Labute approximate surface area is 220 Å². The number of hydrogen-bond acceptors (Lipinski definition) is 7. The number of hydrogen-bond donors (Lipinski definition) is 1. The van der Waals surface area contributed by atoms with Gasteiger partial charge in [0.05, 0.1) is 22.7 Å². The summed E-state index contributed by atoms with van der Waals surface area (Å²) in [5.41, 5.74) is 4.69. The van der Waals surface area contributed by atoms with Crippen LogP contribution in [0.3, 0.4) is 0 Å². The van der Waals surface area contributed by atoms with Crippen LogP contribution < -0.4 is 14.8 Å². The largest absolute Gasteiger partial charge is 0.495 e. The minimum atomic E-state index is 0.415. The van der Waals surface area contributed by atoms with E-state index in [1.807, 2.05) is 43.3 Å². The average Bonchev–Trinajstić information content (AvgIpc) is 3.39. The first-order valence-electron chi connectivity index (χ1n) is 11.9. The van der Waals surface area contributed by atoms with Crippen molar-refractivity contribution in [2.75, 3.05) is 38.7 Å². The number of rotatable bonds is 8. The highest BCUT2D eigenvalue weighted by Gasteiger charge is 2.16. The highest BCUT2D eigenvalue weighted by molar-refractivity contribution is 6.40. The van der Waals surface area contributed by atoms with Gasteiger partial charge >= 0.3 is 0 Å². The predicted octanol–water partition coefficient (Wildman–Crippen LogP) is 6.53. The third kappa shape index (κ3) is 5.33. The van der Waals surface area contributed by atoms with E-state index in [-0.39, 0.29) is 0 Å². The van der Waals surface area contributed by atoms with Crippen LogP contribution in [0.5, 0.6) is 11.5 Å². The molecule has 1 fully saturated rings. The molecule has 0 radical (unpaired) electrons. The lowest BCUT2D eigenvalue weighted by molar-refractivity contribution is 0.238. The Hall–Kier alpha value is -3.13. The number of aromatic nitrogens is 3. The lowest BCUT2D eigenvalue weighted by Crippen LogP contribution is -2.25. The van der Waals surface area contributed by atoms with E-state index in [0.717, 1.165) is 34.6 Å². The smallest absolute Gasteiger partial charge is 0.247 e. The van der Waals surface area contributed by atoms with Gasteiger partial charge in [0, 0.05) is 17.8 Å². The maximum Gasteiger partial charge on any atom is 0.247 e. The van der Waals surface area contributed by atoms with Crippen LogP contribution in [0.15, 0.2) is 48.5 Å². The summed E-state index contributed by atoms with van der Waals surface area (Å²) in [5.74, 6) is 1.81. The second kappa shape index (κ2) is 10.9. The van der Waals surface area contributed by atoms with Crippen LogP contribution in [0.1, 0.15) is 18.4 Å². The van der Waals surface area contributed by atoms with E-state index < -0.39 is 0 Å². The van der Waals surface area contributed by atoms with Crippen molar-refractivity contribution in [3.63, 3.8) is 0 Å². The number of benzene rings is 3. The summed E-state index contributed by atoms with van der Waals surface area (Å²) in [6.07, 6.45) is 2.58. The molecular weight excluding hydrogens is 497 g/mol. The molecule has 9 heteroatoms. The molecular formula is C27H27Cl2N5O2. The number of anilines is 2. The van der Waals surface area contributed by atoms with Crippen LogP contribution in [0.25, 0.3) is 22.2 Å². The number of fused-ring (bicyclic) bond motifs is 1. The first kappa shape index (κ1) is 24.6. The van der Waals surface area contributed by atoms with Gasteiger partial charge in [-0.15, -0.1) is 10.2 Å². The maximum atomic E-state index is 6.55. The zero-order chi connectivity index (χ0) is 25.1. The van der Waals surface area contributed by atoms with E-state index in [9.17, 15) is 0 Å². The molecule has 36 heavy (non-hydrogen) atoms. The molecule has 186 valence electrons. The third-order valence-electron chi connectivity index (χ3n) is 6.30. The standard InChI is InChI=1S/C27H27Cl2N5O2/c1-17-15-18(24-21(28)9-10-23(35-2)25(24)29)16-22-26(17)31-27(33-32-22)30-19-5-7-20(8-6-19)36-14-13-34-11-3-4-12-34/h5-10,15-16H,3-4,11-14H2,1-2H3,(H,30,31,33). The van der Waals surface area contributed by atoms with E-state index in [4.69, 9.17) is 32.7 Å². The van der Waals surface area contributed by atoms with Crippen molar-refractivity contribution in [3.8, 4) is 22.6 Å². The quantitative estimate of drug-likeness (QED) is 0.281. The van der Waals surface area contributed by atoms with Gasteiger partial charge in [0.15, 0.2) is 0 Å². The molecule has 0 bridgehead atoms. The van der Waals surface area contributed by atoms with Crippen LogP contribution in [-0.4, -0.2) is 53.4 Å². The summed E-state index contributed by atoms with van der Waals surface area (Å²) >= 11 is 13.0. The molecule has 0 saturated carbocycles. The molecule has 0 spiro atoms. The number of halogens is 2. The molecule has 3 aromatic carbocycles. The van der Waals surface area contributed by atoms with Crippen molar-refractivity contribution in [1.29, 1.82) is 0 Å². The van der Waals surface area contributed by atoms with Gasteiger partial charge in [-0.3, -0.25) is 4.90 Å². The molecule has 1 aromatic heterocycles. The van der Waals surface area contributed by atoms with Crippen LogP contribution in [0, 0.1) is 6.92 Å². The van der Waals surface area contributed by atoms with E-state index in [1.54, 1.807) is 19.2 Å². The van der Waals surface area contributed by atoms with Gasteiger partial charge in [-0.25, -0.2) is 4.98 Å². The molecule has 0 aliphatic carbocycles. The third-order valence-corrected chi connectivity index (χ3v) is 6.99. The van der Waals surface area contributed by atoms with Crippen LogP contribution >= 0.6 is 23.2 Å². The predicted molar refractivity (Wildman–Crippen MR) is 145 cm³/mol. The van der Waals surface area contributed by atoms with Crippen LogP contribution in [0.4, 0.5) is 11.6 Å². The summed E-state index contributed by atoms with van der Waals surface area (Å²) in [7, 11) is 1.57. The Morgan fingerprint density at radius 1 is 1.00 bits per heavy atom. The van der Waals surface area contributed by atoms with Crippen molar-refractivity contribution in [3.05, 3.63) is 64.1 Å². The van der Waals surface area contributed by atoms with Gasteiger partial charge in [-0.2, -0.15) is 0 Å². The Morgan fingerprint density at radius 2 is 1.78 bits per heavy atom. The monoisotopic (exact) mass is 523 g/mol. The highest BCUT2D eigenvalue weighted by Crippen LogP contribution is 2.41. The van der Waals surface area contributed by atoms with Gasteiger partial charge in [0.1, 0.15) is 23.6 Å². The topological polar surface area (TPSA) is 72.4 Å². The minimum Gasteiger partial charge on any atom is -0.495 e. The number of ether oxygens (including phenoxy) is 2. The van der Waals surface area contributed by atoms with Crippen molar-refractivity contribution >= 4 is 45.9 Å². The molecule has 1 aliphatic rings. The zero-order valence-corrected chi connectivity index (χ0v) is 21.7. The Kier molecular flexibility index (Phi) is 7.41. The lowest BCUT2D eigenvalue weighted by Gasteiger charge is -2.15. The molecule has 2 heterocycles. The second-order valence-corrected chi connectivity index (χ2v) is 9.57. The molecule has 7 nitrogen and oxygen atoms in total. The fraction of sp³-hybridized carbons (Fsp3) is 0.296. The van der Waals surface area contributed by atoms with Crippen LogP contribution in [0.2, 0.25) is 10.0 Å². The van der Waals surface area contributed by atoms with E-state index in [0.29, 0.717) is 39.4 Å². The first-order chi connectivity index (χ1) is 17.5. The van der Waals surface area contributed by atoms with Gasteiger partial charge in [0.25, 0.3) is 0 Å². The fourth-order valence-corrected chi connectivity index (χ4v) is 5.09. The van der Waals surface area contributed by atoms with Gasteiger partial charge < -0.3 is 14.8 Å². The number of likely N-dealkylation sites (tertiary alicyclic amines) is 1. The van der Waals surface area contributed by atoms with E-state index in [2.05, 4.69) is 25.4 Å². The number of aryl methyl sites for hydroxylation is 1. The Balaban J connectivity index is 1.31. The SMILES string of the molecule is COc1ccc(Cl)c(-c2cc(C)c3nc(Nc4ccc(OCCN5CCCC5)cc4)nnc3c2)c1Cl. The molecule has 0 amide bonds. The van der Waals surface area contributed by atoms with Gasteiger partial charge in [0.2, 0.25) is 5.95 Å². The van der Waals surface area contributed by atoms with Crippen molar-refractivity contribution in [2.24, 2.45) is 0 Å². The minimum absolute atomic E-state index is 0.415. The summed E-state index contributed by atoms with van der Waals surface area (Å²) in [6.45, 7) is 5.98. The normalized spacial score (nSPS) is 13.8. The van der Waals surface area contributed by atoms with E-state index >= 15 is 0 Å². The molecule has 1 saturated heterocycles. The molecule has 0 atom stereocenters. The lowest BCUT2D eigenvalue weighted by atomic mass is 10.0. The Bertz CT molecular complexity index is 1380. The zero-order valence-electron chi connectivity index (χ0n) is 20.2. The molecule has 4 aromatic rings. The molecule has 0 unspecified atom stereocenters. The summed E-state index contributed by atoms with van der Waals surface area (Å²) in [4.78, 5) is 7.12. The maximum absolute atomic E-state index is 6.55. The highest BCUT2D eigenvalue weighted by atomic mass is 35.5. The average molecular weight is 524 g/mol. The van der Waals surface area contributed by atoms with Crippen LogP contribution in [-0.2, 0) is 0 Å². The molecule has 1 N–H and O–H groups in total. The summed E-state index contributed by atoms with van der Waals surface area (Å²) in [5, 5.41) is 12.9. The summed E-state index contributed by atoms with van der Waals surface area (Å²) < 4.78 is 11.2. The van der Waals surface area contributed by atoms with E-state index in [1.165, 1.54) is 25.9 Å². The number of methoxy groups -OCH3 is 1. The first-order valence-corrected chi connectivity index (χ1v) is 12.7. The van der Waals surface area contributed by atoms with Crippen molar-refractivity contribution in [1.82, 2.24) is 20.1 Å². The van der Waals surface area contributed by atoms with Crippen molar-refractivity contribution < 1.29 is 9.47 Å². The molecule has 1 aliphatic heterocycles. The second-order valence-electron chi connectivity index (χ2n) is 8.78. The van der Waals surface area contributed by atoms with Gasteiger partial charge in [-0.05, 0) is 92.5 Å². The number of nitrogens with zero attached hydrogens (tertiary/aromatic N) is 4. The Morgan fingerprint density at radius 3 is 2.53 bits per heavy atom. The summed E-state index contributed by atoms with van der Waals surface area (Å²) in [6, 6.07) is 15.2. The van der Waals surface area contributed by atoms with Gasteiger partial charge in [-0.1, -0.05) is 23.2 Å². The fourth-order valence-electron chi connectivity index (χ4n) is 4.43.